The number of sulfonamides is 1. The van der Waals surface area contributed by atoms with Gasteiger partial charge >= 0.3 is 0 Å². The number of carbonyl (C=O) groups is 1. The molecule has 1 amide bonds. The van der Waals surface area contributed by atoms with E-state index in [2.05, 4.69) is 4.72 Å². The zero-order valence-electron chi connectivity index (χ0n) is 15.8. The third-order valence-electron chi connectivity index (χ3n) is 5.13. The Morgan fingerprint density at radius 2 is 1.93 bits per heavy atom. The SMILES string of the molecule is Cc1ccc(OCCNS(=O)(=O)c2ccc3c(c2)CCN3C(=O)C2CC2)cc1. The lowest BCUT2D eigenvalue weighted by molar-refractivity contribution is -0.119. The van der Waals surface area contributed by atoms with E-state index in [4.69, 9.17) is 4.74 Å². The molecule has 28 heavy (non-hydrogen) atoms. The van der Waals surface area contributed by atoms with Gasteiger partial charge in [-0.05, 0) is 62.1 Å². The van der Waals surface area contributed by atoms with Gasteiger partial charge in [0, 0.05) is 24.7 Å². The van der Waals surface area contributed by atoms with Gasteiger partial charge < -0.3 is 9.64 Å². The second-order valence-corrected chi connectivity index (χ2v) is 9.13. The van der Waals surface area contributed by atoms with E-state index in [0.717, 1.165) is 29.7 Å². The van der Waals surface area contributed by atoms with Crippen LogP contribution in [0.15, 0.2) is 47.4 Å². The van der Waals surface area contributed by atoms with Crippen LogP contribution in [-0.4, -0.2) is 34.0 Å². The summed E-state index contributed by atoms with van der Waals surface area (Å²) in [5.41, 5.74) is 2.90. The van der Waals surface area contributed by atoms with Gasteiger partial charge in [-0.2, -0.15) is 0 Å². The van der Waals surface area contributed by atoms with Crippen LogP contribution in [0.4, 0.5) is 5.69 Å². The van der Waals surface area contributed by atoms with E-state index in [9.17, 15) is 13.2 Å². The molecule has 0 saturated heterocycles. The minimum Gasteiger partial charge on any atom is -0.492 e. The van der Waals surface area contributed by atoms with Crippen molar-refractivity contribution in [2.24, 2.45) is 5.92 Å². The zero-order valence-corrected chi connectivity index (χ0v) is 16.7. The fourth-order valence-electron chi connectivity index (χ4n) is 3.39. The quantitative estimate of drug-likeness (QED) is 0.725. The summed E-state index contributed by atoms with van der Waals surface area (Å²) in [4.78, 5) is 14.4. The monoisotopic (exact) mass is 400 g/mol. The maximum atomic E-state index is 12.6. The normalized spacial score (nSPS) is 16.1. The molecule has 4 rings (SSSR count). The standard InChI is InChI=1S/C21H24N2O4S/c1-15-2-6-18(7-3-15)27-13-11-22-28(25,26)19-8-9-20-17(14-19)10-12-23(20)21(24)16-4-5-16/h2-3,6-9,14,16,22H,4-5,10-13H2,1H3. The molecule has 2 aromatic rings. The van der Waals surface area contributed by atoms with Crippen molar-refractivity contribution in [2.75, 3.05) is 24.6 Å². The highest BCUT2D eigenvalue weighted by molar-refractivity contribution is 7.89. The minimum atomic E-state index is -3.62. The van der Waals surface area contributed by atoms with Crippen LogP contribution in [0.25, 0.3) is 0 Å². The van der Waals surface area contributed by atoms with Gasteiger partial charge in [-0.3, -0.25) is 4.79 Å². The summed E-state index contributed by atoms with van der Waals surface area (Å²) in [7, 11) is -3.62. The van der Waals surface area contributed by atoms with Crippen molar-refractivity contribution in [3.63, 3.8) is 0 Å². The highest BCUT2D eigenvalue weighted by atomic mass is 32.2. The molecule has 1 aliphatic heterocycles. The molecule has 0 spiro atoms. The molecule has 0 unspecified atom stereocenters. The van der Waals surface area contributed by atoms with Gasteiger partial charge in [-0.1, -0.05) is 17.7 Å². The summed E-state index contributed by atoms with van der Waals surface area (Å²) in [6.07, 6.45) is 2.62. The largest absolute Gasteiger partial charge is 0.492 e. The van der Waals surface area contributed by atoms with Crippen LogP contribution < -0.4 is 14.4 Å². The van der Waals surface area contributed by atoms with Crippen LogP contribution >= 0.6 is 0 Å². The van der Waals surface area contributed by atoms with Crippen molar-refractivity contribution < 1.29 is 17.9 Å². The minimum absolute atomic E-state index is 0.157. The first-order valence-corrected chi connectivity index (χ1v) is 11.1. The van der Waals surface area contributed by atoms with Crippen molar-refractivity contribution in [2.45, 2.75) is 31.1 Å². The third-order valence-corrected chi connectivity index (χ3v) is 6.59. The van der Waals surface area contributed by atoms with Crippen LogP contribution in [0.3, 0.4) is 0 Å². The number of hydrogen-bond acceptors (Lipinski definition) is 4. The molecule has 0 radical (unpaired) electrons. The number of anilines is 1. The summed E-state index contributed by atoms with van der Waals surface area (Å²) >= 11 is 0. The average Bonchev–Trinajstić information content (AvgIpc) is 3.45. The Kier molecular flexibility index (Phi) is 5.12. The number of ether oxygens (including phenoxy) is 1. The number of amides is 1. The van der Waals surface area contributed by atoms with Gasteiger partial charge in [0.05, 0.1) is 4.90 Å². The average molecular weight is 401 g/mol. The maximum absolute atomic E-state index is 12.6. The molecule has 1 heterocycles. The molecule has 1 aliphatic carbocycles. The van der Waals surface area contributed by atoms with Crippen molar-refractivity contribution in [1.29, 1.82) is 0 Å². The van der Waals surface area contributed by atoms with Crippen molar-refractivity contribution in [3.05, 3.63) is 53.6 Å². The molecule has 6 nitrogen and oxygen atoms in total. The molecule has 1 N–H and O–H groups in total. The van der Waals surface area contributed by atoms with E-state index in [1.807, 2.05) is 31.2 Å². The van der Waals surface area contributed by atoms with E-state index in [-0.39, 0.29) is 29.9 Å². The fraction of sp³-hybridized carbons (Fsp3) is 0.381. The Bertz CT molecular complexity index is 982. The van der Waals surface area contributed by atoms with E-state index in [1.165, 1.54) is 0 Å². The number of carbonyl (C=O) groups excluding carboxylic acids is 1. The summed E-state index contributed by atoms with van der Waals surface area (Å²) in [6, 6.07) is 12.6. The number of hydrogen-bond donors (Lipinski definition) is 1. The van der Waals surface area contributed by atoms with Crippen LogP contribution in [0.2, 0.25) is 0 Å². The predicted molar refractivity (Wildman–Crippen MR) is 107 cm³/mol. The second kappa shape index (κ2) is 7.56. The van der Waals surface area contributed by atoms with E-state index < -0.39 is 10.0 Å². The number of rotatable bonds is 7. The first-order chi connectivity index (χ1) is 13.4. The van der Waals surface area contributed by atoms with Gasteiger partial charge in [0.25, 0.3) is 0 Å². The summed E-state index contributed by atoms with van der Waals surface area (Å²) in [5, 5.41) is 0. The van der Waals surface area contributed by atoms with Gasteiger partial charge in [0.15, 0.2) is 0 Å². The highest BCUT2D eigenvalue weighted by Crippen LogP contribution is 2.37. The summed E-state index contributed by atoms with van der Waals surface area (Å²) in [6.45, 7) is 3.05. The molecular formula is C21H24N2O4S. The topological polar surface area (TPSA) is 75.7 Å². The van der Waals surface area contributed by atoms with Gasteiger partial charge in [-0.15, -0.1) is 0 Å². The highest BCUT2D eigenvalue weighted by Gasteiger charge is 2.36. The number of aryl methyl sites for hydroxylation is 1. The number of nitrogens with one attached hydrogen (secondary N) is 1. The van der Waals surface area contributed by atoms with Crippen molar-refractivity contribution in [1.82, 2.24) is 4.72 Å². The number of fused-ring (bicyclic) bond motifs is 1. The van der Waals surface area contributed by atoms with Crippen LogP contribution in [-0.2, 0) is 21.2 Å². The summed E-state index contributed by atoms with van der Waals surface area (Å²) in [5.74, 6) is 1.04. The Hall–Kier alpha value is -2.38. The molecule has 0 aromatic heterocycles. The smallest absolute Gasteiger partial charge is 0.240 e. The third kappa shape index (κ3) is 4.05. The van der Waals surface area contributed by atoms with Gasteiger partial charge in [0.2, 0.25) is 15.9 Å². The fourth-order valence-corrected chi connectivity index (χ4v) is 4.45. The first kappa shape index (κ1) is 19.0. The lowest BCUT2D eigenvalue weighted by atomic mass is 10.2. The Labute approximate surface area is 165 Å². The van der Waals surface area contributed by atoms with Crippen molar-refractivity contribution >= 4 is 21.6 Å². The van der Waals surface area contributed by atoms with Gasteiger partial charge in [0.1, 0.15) is 12.4 Å². The number of nitrogens with zero attached hydrogens (tertiary/aromatic N) is 1. The molecule has 0 bridgehead atoms. The maximum Gasteiger partial charge on any atom is 0.240 e. The Morgan fingerprint density at radius 3 is 2.64 bits per heavy atom. The lowest BCUT2D eigenvalue weighted by Gasteiger charge is -2.17. The first-order valence-electron chi connectivity index (χ1n) is 9.57. The van der Waals surface area contributed by atoms with E-state index >= 15 is 0 Å². The molecule has 1 fully saturated rings. The Balaban J connectivity index is 1.36. The van der Waals surface area contributed by atoms with E-state index in [0.29, 0.717) is 18.7 Å². The molecule has 1 saturated carbocycles. The number of benzene rings is 2. The van der Waals surface area contributed by atoms with Crippen LogP contribution in [0, 0.1) is 12.8 Å². The molecule has 148 valence electrons. The molecule has 2 aliphatic rings. The van der Waals surface area contributed by atoms with Crippen LogP contribution in [0.5, 0.6) is 5.75 Å². The van der Waals surface area contributed by atoms with Crippen LogP contribution in [0.1, 0.15) is 24.0 Å². The summed E-state index contributed by atoms with van der Waals surface area (Å²) < 4.78 is 33.3. The predicted octanol–water partition coefficient (Wildman–Crippen LogP) is 2.65. The molecular weight excluding hydrogens is 376 g/mol. The van der Waals surface area contributed by atoms with Crippen molar-refractivity contribution in [3.8, 4) is 5.75 Å². The zero-order chi connectivity index (χ0) is 19.7. The second-order valence-electron chi connectivity index (χ2n) is 7.36. The van der Waals surface area contributed by atoms with E-state index in [1.54, 1.807) is 23.1 Å². The Morgan fingerprint density at radius 1 is 1.18 bits per heavy atom. The molecule has 2 aromatic carbocycles. The molecule has 0 atom stereocenters. The lowest BCUT2D eigenvalue weighted by Crippen LogP contribution is -2.30. The molecule has 7 heteroatoms. The van der Waals surface area contributed by atoms with Gasteiger partial charge in [-0.25, -0.2) is 13.1 Å².